The molecule has 0 saturated heterocycles. The maximum atomic E-state index is 10.7. The van der Waals surface area contributed by atoms with E-state index in [2.05, 4.69) is 32.9 Å². The van der Waals surface area contributed by atoms with E-state index >= 15 is 0 Å². The molecule has 0 aliphatic rings. The number of carbonyl (C=O) groups excluding carboxylic acids is 1. The van der Waals surface area contributed by atoms with Crippen molar-refractivity contribution in [2.75, 3.05) is 6.61 Å². The van der Waals surface area contributed by atoms with Gasteiger partial charge in [-0.2, -0.15) is 0 Å². The molecule has 20 heavy (non-hydrogen) atoms. The molecule has 0 rings (SSSR count). The summed E-state index contributed by atoms with van der Waals surface area (Å²) in [5.74, 6) is -0.296. The maximum absolute atomic E-state index is 10.7. The van der Waals surface area contributed by atoms with Crippen molar-refractivity contribution in [3.63, 3.8) is 0 Å². The monoisotopic (exact) mass is 282 g/mol. The Morgan fingerprint density at radius 3 is 2.30 bits per heavy atom. The average Bonchev–Trinajstić information content (AvgIpc) is 2.27. The number of hydrogen-bond acceptors (Lipinski definition) is 3. The van der Waals surface area contributed by atoms with E-state index in [4.69, 9.17) is 4.74 Å². The Balaban J connectivity index is 3.94. The summed E-state index contributed by atoms with van der Waals surface area (Å²) in [6, 6.07) is 0. The summed E-state index contributed by atoms with van der Waals surface area (Å²) < 4.78 is 4.86. The zero-order chi connectivity index (χ0) is 15.6. The van der Waals surface area contributed by atoms with Crippen molar-refractivity contribution in [2.24, 2.45) is 0 Å². The lowest BCUT2D eigenvalue weighted by Crippen LogP contribution is -2.26. The summed E-state index contributed by atoms with van der Waals surface area (Å²) in [5, 5.41) is 10.2. The smallest absolute Gasteiger partial charge is 0.302 e. The van der Waals surface area contributed by atoms with E-state index in [9.17, 15) is 9.90 Å². The molecule has 0 fully saturated rings. The van der Waals surface area contributed by atoms with Gasteiger partial charge in [0.25, 0.3) is 0 Å². The summed E-state index contributed by atoms with van der Waals surface area (Å²) in [4.78, 5) is 10.7. The first kappa shape index (κ1) is 18.9. The van der Waals surface area contributed by atoms with Gasteiger partial charge in [0, 0.05) is 13.3 Å². The van der Waals surface area contributed by atoms with E-state index in [1.165, 1.54) is 18.1 Å². The molecule has 0 aliphatic heterocycles. The molecule has 0 spiro atoms. The van der Waals surface area contributed by atoms with E-state index in [0.29, 0.717) is 12.8 Å². The van der Waals surface area contributed by atoms with Gasteiger partial charge in [0.1, 0.15) is 0 Å². The van der Waals surface area contributed by atoms with E-state index in [-0.39, 0.29) is 12.6 Å². The second-order valence-corrected chi connectivity index (χ2v) is 6.00. The van der Waals surface area contributed by atoms with Gasteiger partial charge >= 0.3 is 5.97 Å². The highest BCUT2D eigenvalue weighted by atomic mass is 16.5. The van der Waals surface area contributed by atoms with Gasteiger partial charge in [0.05, 0.1) is 12.2 Å². The molecule has 0 aromatic carbocycles. The fraction of sp³-hybridized carbons (Fsp3) is 0.706. The van der Waals surface area contributed by atoms with Gasteiger partial charge in [-0.05, 0) is 53.4 Å². The fourth-order valence-electron chi connectivity index (χ4n) is 1.86. The van der Waals surface area contributed by atoms with E-state index in [0.717, 1.165) is 19.3 Å². The third kappa shape index (κ3) is 12.0. The van der Waals surface area contributed by atoms with Crippen LogP contribution in [-0.2, 0) is 9.53 Å². The van der Waals surface area contributed by atoms with Crippen molar-refractivity contribution in [3.8, 4) is 0 Å². The van der Waals surface area contributed by atoms with Gasteiger partial charge in [-0.15, -0.1) is 0 Å². The van der Waals surface area contributed by atoms with Crippen molar-refractivity contribution in [1.29, 1.82) is 0 Å². The Hall–Kier alpha value is -1.09. The third-order valence-corrected chi connectivity index (χ3v) is 3.21. The molecule has 3 heteroatoms. The quantitative estimate of drug-likeness (QED) is 0.510. The summed E-state index contributed by atoms with van der Waals surface area (Å²) in [7, 11) is 0. The van der Waals surface area contributed by atoms with Gasteiger partial charge in [-0.25, -0.2) is 0 Å². The number of ether oxygens (including phenoxy) is 1. The fourth-order valence-corrected chi connectivity index (χ4v) is 1.86. The van der Waals surface area contributed by atoms with Crippen LogP contribution in [0.15, 0.2) is 23.3 Å². The van der Waals surface area contributed by atoms with E-state index in [1.807, 2.05) is 0 Å². The van der Waals surface area contributed by atoms with Crippen molar-refractivity contribution in [2.45, 2.75) is 72.3 Å². The highest BCUT2D eigenvalue weighted by molar-refractivity contribution is 5.65. The first-order valence-corrected chi connectivity index (χ1v) is 7.38. The molecule has 0 radical (unpaired) electrons. The lowest BCUT2D eigenvalue weighted by atomic mass is 9.95. The highest BCUT2D eigenvalue weighted by Gasteiger charge is 2.19. The molecule has 0 heterocycles. The molecular formula is C17H30O3. The Morgan fingerprint density at radius 1 is 1.10 bits per heavy atom. The van der Waals surface area contributed by atoms with Gasteiger partial charge in [0.15, 0.2) is 0 Å². The minimum absolute atomic E-state index is 0.283. The summed E-state index contributed by atoms with van der Waals surface area (Å²) in [5.41, 5.74) is 1.94. The molecule has 116 valence electrons. The average molecular weight is 282 g/mol. The third-order valence-electron chi connectivity index (χ3n) is 3.21. The molecule has 0 aromatic rings. The lowest BCUT2D eigenvalue weighted by molar-refractivity contribution is -0.142. The molecule has 0 aliphatic carbocycles. The van der Waals surface area contributed by atoms with E-state index in [1.54, 1.807) is 6.92 Å². The van der Waals surface area contributed by atoms with E-state index < -0.39 is 5.60 Å². The first-order valence-electron chi connectivity index (χ1n) is 7.38. The van der Waals surface area contributed by atoms with Crippen molar-refractivity contribution < 1.29 is 14.6 Å². The Kier molecular flexibility index (Phi) is 9.23. The molecule has 0 aromatic heterocycles. The second-order valence-electron chi connectivity index (χ2n) is 6.00. The zero-order valence-corrected chi connectivity index (χ0v) is 13.7. The second kappa shape index (κ2) is 9.76. The zero-order valence-electron chi connectivity index (χ0n) is 13.7. The summed E-state index contributed by atoms with van der Waals surface area (Å²) in [6.45, 7) is 9.81. The van der Waals surface area contributed by atoms with Crippen LogP contribution >= 0.6 is 0 Å². The number of aliphatic hydroxyl groups is 1. The van der Waals surface area contributed by atoms with Crippen molar-refractivity contribution >= 4 is 5.97 Å². The van der Waals surface area contributed by atoms with Crippen molar-refractivity contribution in [1.82, 2.24) is 0 Å². The van der Waals surface area contributed by atoms with Gasteiger partial charge in [-0.3, -0.25) is 4.79 Å². The summed E-state index contributed by atoms with van der Waals surface area (Å²) in [6.07, 6.45) is 8.61. The van der Waals surface area contributed by atoms with Gasteiger partial charge < -0.3 is 9.84 Å². The van der Waals surface area contributed by atoms with Crippen LogP contribution in [0.1, 0.15) is 66.7 Å². The molecule has 1 N–H and O–H groups in total. The topological polar surface area (TPSA) is 46.5 Å². The van der Waals surface area contributed by atoms with Crippen LogP contribution in [0.25, 0.3) is 0 Å². The minimum atomic E-state index is -0.772. The first-order chi connectivity index (χ1) is 9.23. The predicted molar refractivity (Wildman–Crippen MR) is 83.5 cm³/mol. The van der Waals surface area contributed by atoms with Crippen LogP contribution in [0, 0.1) is 0 Å². The number of rotatable bonds is 9. The number of allylic oxidation sites excluding steroid dienone is 4. The SMILES string of the molecule is CC(=O)OCCC(C)(O)CCC=C(C)CCC=C(C)C. The maximum Gasteiger partial charge on any atom is 0.302 e. The van der Waals surface area contributed by atoms with Crippen molar-refractivity contribution in [3.05, 3.63) is 23.3 Å². The normalized spacial score (nSPS) is 14.6. The highest BCUT2D eigenvalue weighted by Crippen LogP contribution is 2.18. The van der Waals surface area contributed by atoms with Crippen LogP contribution < -0.4 is 0 Å². The van der Waals surface area contributed by atoms with Crippen LogP contribution in [0.3, 0.4) is 0 Å². The number of carbonyl (C=O) groups is 1. The molecule has 3 nitrogen and oxygen atoms in total. The van der Waals surface area contributed by atoms with Crippen LogP contribution in [0.4, 0.5) is 0 Å². The molecular weight excluding hydrogens is 252 g/mol. The lowest BCUT2D eigenvalue weighted by Gasteiger charge is -2.22. The van der Waals surface area contributed by atoms with Crippen LogP contribution in [0.5, 0.6) is 0 Å². The number of hydrogen-bond donors (Lipinski definition) is 1. The molecule has 0 amide bonds. The number of esters is 1. The van der Waals surface area contributed by atoms with Crippen LogP contribution in [0.2, 0.25) is 0 Å². The molecule has 1 atom stereocenters. The molecule has 0 saturated carbocycles. The van der Waals surface area contributed by atoms with Gasteiger partial charge in [-0.1, -0.05) is 23.3 Å². The summed E-state index contributed by atoms with van der Waals surface area (Å²) >= 11 is 0. The Morgan fingerprint density at radius 2 is 1.75 bits per heavy atom. The molecule has 1 unspecified atom stereocenters. The predicted octanol–water partition coefficient (Wildman–Crippen LogP) is 4.16. The Labute approximate surface area is 123 Å². The standard InChI is InChI=1S/C17H30O3/c1-14(2)8-6-9-15(3)10-7-11-17(5,19)12-13-20-16(4)18/h8,10,19H,6-7,9,11-13H2,1-5H3. The van der Waals surface area contributed by atoms with Crippen LogP contribution in [-0.4, -0.2) is 23.3 Å². The Bertz CT molecular complexity index is 347. The largest absolute Gasteiger partial charge is 0.466 e. The van der Waals surface area contributed by atoms with Gasteiger partial charge in [0.2, 0.25) is 0 Å². The minimum Gasteiger partial charge on any atom is -0.466 e. The molecule has 0 bridgehead atoms.